The van der Waals surface area contributed by atoms with Gasteiger partial charge >= 0.3 is 0 Å². The fourth-order valence-electron chi connectivity index (χ4n) is 11.8. The molecular formula is C78H106IN11O11. The molecule has 546 valence electrons. The molecule has 1 atom stereocenters. The largest absolute Gasteiger partial charge is 0.393 e. The van der Waals surface area contributed by atoms with Crippen LogP contribution >= 0.6 is 22.6 Å². The maximum Gasteiger partial charge on any atom is 0.254 e. The highest BCUT2D eigenvalue weighted by Crippen LogP contribution is 2.50. The topological polar surface area (TPSA) is 314 Å². The normalized spacial score (nSPS) is 16.6. The van der Waals surface area contributed by atoms with Crippen LogP contribution in [0, 0.1) is 3.57 Å². The van der Waals surface area contributed by atoms with Gasteiger partial charge in [-0.3, -0.25) is 14.6 Å². The molecule has 7 aliphatic carbocycles. The first-order valence-corrected chi connectivity index (χ1v) is 38.0. The predicted octanol–water partition coefficient (Wildman–Crippen LogP) is 19.5. The second-order valence-electron chi connectivity index (χ2n) is 30.5. The number of aromatic nitrogens is 10. The minimum atomic E-state index is -0.857. The summed E-state index contributed by atoms with van der Waals surface area (Å²) in [5, 5.41) is 47.3. The molecule has 7 aliphatic rings. The highest BCUT2D eigenvalue weighted by Gasteiger charge is 2.40. The molecule has 101 heavy (non-hydrogen) atoms. The summed E-state index contributed by atoms with van der Waals surface area (Å²) >= 11 is 2.35. The Morgan fingerprint density at radius 2 is 0.901 bits per heavy atom. The molecule has 16 rings (SSSR count). The van der Waals surface area contributed by atoms with Gasteiger partial charge in [0.15, 0.2) is 23.1 Å². The number of hydrogen-bond donors (Lipinski definition) is 3. The fourth-order valence-corrected chi connectivity index (χ4v) is 13.1. The molecule has 22 nitrogen and oxygen atoms in total. The molecular weight excluding hydrogens is 1390 g/mol. The van der Waals surface area contributed by atoms with Crippen molar-refractivity contribution in [3.8, 4) is 22.5 Å². The molecule has 23 heteroatoms. The van der Waals surface area contributed by atoms with Gasteiger partial charge in [0, 0.05) is 84.8 Å². The smallest absolute Gasteiger partial charge is 0.254 e. The summed E-state index contributed by atoms with van der Waals surface area (Å²) in [5.74, 6) is 12.4. The molecule has 7 fully saturated rings. The second kappa shape index (κ2) is 33.8. The SMILES string of the molecule is CC(C)c1cc(C2CC2)on1.CC(C)c1noc(C2CC2)c1-c1ccccn1.CC(C)c1noc(C2CC2)c1-c1cn(C)cn1.CC(C)c1noc(C2CC2)c1C(N)=O.CC(C)c1noc(C2CC2)c1C(O)CO.CC(C)c1noc(C2CC2)c1I.CCC(=O)c1c(C(C)C)noc1C1CC1. The molecule has 9 aromatic rings. The first-order chi connectivity index (χ1) is 48.3. The summed E-state index contributed by atoms with van der Waals surface area (Å²) in [6.45, 7) is 30.8. The number of pyridine rings is 1. The summed E-state index contributed by atoms with van der Waals surface area (Å²) in [6, 6.07) is 8.08. The lowest BCUT2D eigenvalue weighted by Crippen LogP contribution is -2.15. The molecule has 4 N–H and O–H groups in total. The number of aryl methyl sites for hydroxylation is 1. The standard InChI is InChI=1S/C14H16N2O.C13H17N3O.C12H17NO2.C11H17NO3.C10H14N2O2.C9H12INO.C9H13NO/c1-9(2)13-12(11-5-3-4-8-15-11)14(17-16-13)10-6-7-10;1-8(2)12-11(10-6-16(3)7-14-10)13(17-15-12)9-4-5-9;1-4-9(14)10-11(7(2)3)13-15-12(10)8-5-6-8;1-6(2)10-9(8(14)5-13)11(15-12-10)7-3-4-7;1-5(2)8-7(10(11)13)9(14-12-8)6-3-4-6;1-5(2)8-7(10)9(12-11-8)6-3-4-6;1-6(2)8-5-9(11-10-8)7-3-4-7/h3-5,8-10H,6-7H2,1-2H3;6-9H,4-5H2,1-3H3;7-8H,4-6H2,1-3H3;6-8,13-14H,3-5H2,1-2H3;5-6H,3-4H2,1-2H3,(H2,11,13);5-6H,3-4H2,1-2H3;5-7H,3-4H2,1-2H3. The van der Waals surface area contributed by atoms with Crippen LogP contribution in [0.2, 0.25) is 0 Å². The number of Topliss-reactive ketones (excluding diaryl/α,β-unsaturated/α-hetero) is 1. The van der Waals surface area contributed by atoms with Crippen molar-refractivity contribution in [1.82, 2.24) is 50.6 Å². The predicted molar refractivity (Wildman–Crippen MR) is 391 cm³/mol. The van der Waals surface area contributed by atoms with Crippen molar-refractivity contribution >= 4 is 34.3 Å². The number of imidazole rings is 1. The Hall–Kier alpha value is -7.38. The number of rotatable bonds is 21. The zero-order valence-electron chi connectivity index (χ0n) is 62.0. The van der Waals surface area contributed by atoms with Crippen LogP contribution in [0.1, 0.15) is 396 Å². The minimum Gasteiger partial charge on any atom is -0.393 e. The average molecular weight is 1500 g/mol. The quantitative estimate of drug-likeness (QED) is 0.0444. The van der Waals surface area contributed by atoms with E-state index in [-0.39, 0.29) is 30.1 Å². The molecule has 7 saturated carbocycles. The number of nitrogens with zero attached hydrogens (tertiary/aromatic N) is 10. The Morgan fingerprint density at radius 3 is 1.31 bits per heavy atom. The highest BCUT2D eigenvalue weighted by atomic mass is 127. The van der Waals surface area contributed by atoms with Gasteiger partial charge in [-0.2, -0.15) is 0 Å². The van der Waals surface area contributed by atoms with Crippen molar-refractivity contribution in [2.75, 3.05) is 6.61 Å². The van der Waals surface area contributed by atoms with Gasteiger partial charge in [0.25, 0.3) is 5.91 Å². The monoisotopic (exact) mass is 1500 g/mol. The zero-order valence-corrected chi connectivity index (χ0v) is 64.2. The summed E-state index contributed by atoms with van der Waals surface area (Å²) in [4.78, 5) is 32.0. The van der Waals surface area contributed by atoms with Crippen LogP contribution < -0.4 is 5.73 Å². The molecule has 0 aromatic carbocycles. The Labute approximate surface area is 607 Å². The maximum atomic E-state index is 11.9. The third kappa shape index (κ3) is 19.5. The van der Waals surface area contributed by atoms with Gasteiger partial charge in [-0.25, -0.2) is 4.98 Å². The van der Waals surface area contributed by atoms with Crippen LogP contribution in [0.5, 0.6) is 0 Å². The number of carbonyl (C=O) groups excluding carboxylic acids is 2. The van der Waals surface area contributed by atoms with Crippen LogP contribution in [0.3, 0.4) is 0 Å². The number of ketones is 1. The summed E-state index contributed by atoms with van der Waals surface area (Å²) in [5.41, 5.74) is 18.1. The fraction of sp³-hybridized carbons (Fsp3) is 0.603. The van der Waals surface area contributed by atoms with Crippen molar-refractivity contribution in [3.05, 3.63) is 143 Å². The van der Waals surface area contributed by atoms with Crippen LogP contribution in [-0.2, 0) is 7.05 Å². The molecule has 0 bridgehead atoms. The lowest BCUT2D eigenvalue weighted by Gasteiger charge is -2.10. The number of aliphatic hydroxyl groups is 2. The summed E-state index contributed by atoms with van der Waals surface area (Å²) in [7, 11) is 1.98. The van der Waals surface area contributed by atoms with E-state index in [9.17, 15) is 14.7 Å². The Kier molecular flexibility index (Phi) is 25.5. The first kappa shape index (κ1) is 76.3. The van der Waals surface area contributed by atoms with Gasteiger partial charge in [0.1, 0.15) is 34.7 Å². The number of carbonyl (C=O) groups is 2. The van der Waals surface area contributed by atoms with E-state index in [1.54, 1.807) is 0 Å². The molecule has 1 unspecified atom stereocenters. The van der Waals surface area contributed by atoms with E-state index in [2.05, 4.69) is 130 Å². The van der Waals surface area contributed by atoms with Crippen molar-refractivity contribution in [3.63, 3.8) is 0 Å². The average Bonchev–Trinajstić information content (AvgIpc) is 1.64. The second-order valence-corrected chi connectivity index (χ2v) is 31.5. The van der Waals surface area contributed by atoms with Crippen LogP contribution in [0.25, 0.3) is 22.5 Å². The number of aliphatic hydroxyl groups excluding tert-OH is 2. The van der Waals surface area contributed by atoms with Crippen molar-refractivity contribution in [1.29, 1.82) is 0 Å². The van der Waals surface area contributed by atoms with E-state index in [0.29, 0.717) is 88.5 Å². The van der Waals surface area contributed by atoms with Crippen molar-refractivity contribution < 1.29 is 51.5 Å². The number of halogens is 1. The van der Waals surface area contributed by atoms with Crippen molar-refractivity contribution in [2.45, 2.75) is 289 Å². The third-order valence-corrected chi connectivity index (χ3v) is 19.9. The number of amides is 1. The van der Waals surface area contributed by atoms with Gasteiger partial charge in [0.05, 0.1) is 84.4 Å². The molecule has 0 spiro atoms. The number of nitrogens with two attached hydrogens (primary N) is 1. The van der Waals surface area contributed by atoms with Gasteiger partial charge < -0.3 is 52.2 Å². The van der Waals surface area contributed by atoms with Gasteiger partial charge in [0.2, 0.25) is 0 Å². The van der Waals surface area contributed by atoms with E-state index >= 15 is 0 Å². The van der Waals surface area contributed by atoms with Gasteiger partial charge in [-0.15, -0.1) is 0 Å². The lowest BCUT2D eigenvalue weighted by molar-refractivity contribution is 0.0932. The van der Waals surface area contributed by atoms with E-state index in [1.807, 2.05) is 97.0 Å². The van der Waals surface area contributed by atoms with Crippen LogP contribution in [-0.4, -0.2) is 79.1 Å². The molecule has 0 saturated heterocycles. The Balaban J connectivity index is 0.000000128. The molecule has 9 aromatic heterocycles. The first-order valence-electron chi connectivity index (χ1n) is 36.9. The van der Waals surface area contributed by atoms with Gasteiger partial charge in [-0.1, -0.05) is 146 Å². The summed E-state index contributed by atoms with van der Waals surface area (Å²) < 4.78 is 40.6. The lowest BCUT2D eigenvalue weighted by atomic mass is 9.98. The van der Waals surface area contributed by atoms with E-state index in [4.69, 9.17) is 42.5 Å². The Bertz CT molecular complexity index is 4000. The number of primary amides is 1. The van der Waals surface area contributed by atoms with E-state index < -0.39 is 12.0 Å². The minimum absolute atomic E-state index is 0.168. The van der Waals surface area contributed by atoms with Crippen molar-refractivity contribution in [2.24, 2.45) is 12.8 Å². The molecule has 1 amide bonds. The maximum absolute atomic E-state index is 11.9. The third-order valence-electron chi connectivity index (χ3n) is 18.8. The van der Waals surface area contributed by atoms with Crippen LogP contribution in [0.15, 0.2) is 74.6 Å². The highest BCUT2D eigenvalue weighted by molar-refractivity contribution is 14.1. The number of hydrogen-bond acceptors (Lipinski definition) is 20. The van der Waals surface area contributed by atoms with E-state index in [0.717, 1.165) is 141 Å². The van der Waals surface area contributed by atoms with Gasteiger partial charge in [-0.05, 0) is 160 Å². The molecule has 9 heterocycles. The molecule has 0 aliphatic heterocycles. The van der Waals surface area contributed by atoms with E-state index in [1.165, 1.54) is 54.9 Å². The van der Waals surface area contributed by atoms with Crippen LogP contribution in [0.4, 0.5) is 0 Å². The Morgan fingerprint density at radius 1 is 0.495 bits per heavy atom. The zero-order chi connectivity index (χ0) is 72.7. The molecule has 0 radical (unpaired) electrons. The summed E-state index contributed by atoms with van der Waals surface area (Å²) in [6.07, 6.45) is 22.0.